The first-order valence-electron chi connectivity index (χ1n) is 13.9. The van der Waals surface area contributed by atoms with Gasteiger partial charge in [0.1, 0.15) is 11.5 Å². The summed E-state index contributed by atoms with van der Waals surface area (Å²) in [6, 6.07) is 22.0. The van der Waals surface area contributed by atoms with Gasteiger partial charge in [-0.05, 0) is 75.7 Å². The van der Waals surface area contributed by atoms with Crippen molar-refractivity contribution in [2.45, 2.75) is 26.9 Å². The number of rotatable bonds is 6. The molecule has 0 spiro atoms. The van der Waals surface area contributed by atoms with E-state index in [0.717, 1.165) is 53.8 Å². The van der Waals surface area contributed by atoms with E-state index >= 15 is 0 Å². The average Bonchev–Trinajstić information content (AvgIpc) is 2.99. The second kappa shape index (κ2) is 15.2. The molecule has 0 amide bonds. The first-order chi connectivity index (χ1) is 20.2. The third-order valence-corrected chi connectivity index (χ3v) is 9.89. The van der Waals surface area contributed by atoms with Crippen LogP contribution in [0, 0.1) is 0 Å². The van der Waals surface area contributed by atoms with Crippen LogP contribution in [-0.4, -0.2) is 47.2 Å². The third-order valence-electron chi connectivity index (χ3n) is 7.40. The normalized spacial score (nSPS) is 11.0. The molecule has 6 nitrogen and oxygen atoms in total. The van der Waals surface area contributed by atoms with Gasteiger partial charge in [-0.3, -0.25) is 14.5 Å². The fourth-order valence-corrected chi connectivity index (χ4v) is 7.52. The van der Waals surface area contributed by atoms with Crippen molar-refractivity contribution in [3.63, 3.8) is 0 Å². The number of hydrogen-bond acceptors (Lipinski definition) is 8. The Hall–Kier alpha value is -3.24. The number of fused-ring (bicyclic) bond motifs is 4. The van der Waals surface area contributed by atoms with Gasteiger partial charge < -0.3 is 15.1 Å². The molecule has 232 valence electrons. The Labute approximate surface area is 276 Å². The second-order valence-corrected chi connectivity index (χ2v) is 12.5. The van der Waals surface area contributed by atoms with E-state index in [2.05, 4.69) is 18.7 Å². The molecule has 2 N–H and O–H groups in total. The lowest BCUT2D eigenvalue weighted by atomic mass is 10.1. The first-order valence-corrected chi connectivity index (χ1v) is 15.6. The summed E-state index contributed by atoms with van der Waals surface area (Å²) in [5, 5.41) is 23.3. The lowest BCUT2D eigenvalue weighted by Crippen LogP contribution is -2.22. The SMILES string of the molecule is CCN(CC)Cc1c(O)ccc2c(=O)c3ccccc3sc12.CN(C)Cc1c(O)ccc2c(=O)c3ccccc3sc12.Cl.Cl. The van der Waals surface area contributed by atoms with Gasteiger partial charge >= 0.3 is 0 Å². The van der Waals surface area contributed by atoms with Crippen molar-refractivity contribution in [3.8, 4) is 11.5 Å². The highest BCUT2D eigenvalue weighted by molar-refractivity contribution is 7.25. The van der Waals surface area contributed by atoms with Crippen LogP contribution in [0.4, 0.5) is 0 Å². The van der Waals surface area contributed by atoms with Crippen molar-refractivity contribution >= 4 is 87.8 Å². The van der Waals surface area contributed by atoms with Crippen molar-refractivity contribution in [1.29, 1.82) is 0 Å². The highest BCUT2D eigenvalue weighted by Gasteiger charge is 2.15. The molecule has 6 aromatic rings. The zero-order valence-electron chi connectivity index (χ0n) is 25.0. The molecule has 10 heteroatoms. The predicted molar refractivity (Wildman–Crippen MR) is 193 cm³/mol. The number of phenolic OH excluding ortho intramolecular Hbond substituents is 2. The number of aromatic hydroxyl groups is 2. The maximum atomic E-state index is 12.7. The third kappa shape index (κ3) is 7.01. The van der Waals surface area contributed by atoms with E-state index in [-0.39, 0.29) is 47.2 Å². The molecular formula is C34H36Cl2N2O4S2. The van der Waals surface area contributed by atoms with Crippen LogP contribution in [0.15, 0.2) is 82.4 Å². The van der Waals surface area contributed by atoms with E-state index in [4.69, 9.17) is 0 Å². The minimum atomic E-state index is 0. The Morgan fingerprint density at radius 1 is 0.591 bits per heavy atom. The maximum absolute atomic E-state index is 12.7. The van der Waals surface area contributed by atoms with Crippen LogP contribution >= 0.6 is 47.5 Å². The van der Waals surface area contributed by atoms with Crippen molar-refractivity contribution in [3.05, 3.63) is 104 Å². The Balaban J connectivity index is 0.000000231. The topological polar surface area (TPSA) is 81.1 Å². The van der Waals surface area contributed by atoms with Crippen LogP contribution in [-0.2, 0) is 13.1 Å². The van der Waals surface area contributed by atoms with E-state index < -0.39 is 0 Å². The Morgan fingerprint density at radius 3 is 1.41 bits per heavy atom. The monoisotopic (exact) mass is 670 g/mol. The highest BCUT2D eigenvalue weighted by Crippen LogP contribution is 2.34. The number of nitrogens with zero attached hydrogens (tertiary/aromatic N) is 2. The molecule has 0 unspecified atom stereocenters. The van der Waals surface area contributed by atoms with Gasteiger partial charge in [-0.15, -0.1) is 47.5 Å². The summed E-state index contributed by atoms with van der Waals surface area (Å²) in [7, 11) is 3.89. The molecule has 6 rings (SSSR count). The van der Waals surface area contributed by atoms with Gasteiger partial charge in [-0.2, -0.15) is 0 Å². The fraction of sp³-hybridized carbons (Fsp3) is 0.235. The van der Waals surface area contributed by atoms with Crippen LogP contribution in [0.1, 0.15) is 25.0 Å². The van der Waals surface area contributed by atoms with E-state index in [9.17, 15) is 19.8 Å². The number of halogens is 2. The molecule has 0 radical (unpaired) electrons. The fourth-order valence-electron chi connectivity index (χ4n) is 5.11. The van der Waals surface area contributed by atoms with Crippen LogP contribution in [0.3, 0.4) is 0 Å². The molecular weight excluding hydrogens is 635 g/mol. The first kappa shape index (κ1) is 35.2. The van der Waals surface area contributed by atoms with Crippen LogP contribution in [0.2, 0.25) is 0 Å². The lowest BCUT2D eigenvalue weighted by molar-refractivity contribution is 0.292. The average molecular weight is 672 g/mol. The molecule has 2 heterocycles. The van der Waals surface area contributed by atoms with Crippen molar-refractivity contribution in [2.75, 3.05) is 27.2 Å². The van der Waals surface area contributed by atoms with Gasteiger partial charge in [0.15, 0.2) is 10.9 Å². The molecule has 0 bridgehead atoms. The molecule has 0 atom stereocenters. The summed E-state index contributed by atoms with van der Waals surface area (Å²) in [5.74, 6) is 0.516. The summed E-state index contributed by atoms with van der Waals surface area (Å²) in [4.78, 5) is 29.5. The Bertz CT molecular complexity index is 2040. The summed E-state index contributed by atoms with van der Waals surface area (Å²) in [5.41, 5.74) is 1.76. The van der Waals surface area contributed by atoms with E-state index in [0.29, 0.717) is 23.9 Å². The van der Waals surface area contributed by atoms with E-state index in [1.54, 1.807) is 46.9 Å². The standard InChI is InChI=1S/C18H19NO2S.C16H15NO2S.2ClH/c1-3-19(4-2)11-14-15(20)10-9-13-17(21)12-7-5-6-8-16(12)22-18(13)14;1-17(2)9-12-13(18)8-7-11-15(19)10-5-3-4-6-14(10)20-16(11)12;;/h5-10,20H,3-4,11H2,1-2H3;3-8,18H,9H2,1-2H3;2*1H. The van der Waals surface area contributed by atoms with Gasteiger partial charge in [0.25, 0.3) is 0 Å². The van der Waals surface area contributed by atoms with Gasteiger partial charge in [-0.25, -0.2) is 0 Å². The van der Waals surface area contributed by atoms with Gasteiger partial charge in [0, 0.05) is 64.6 Å². The van der Waals surface area contributed by atoms with Crippen LogP contribution < -0.4 is 10.9 Å². The molecule has 0 aliphatic rings. The lowest BCUT2D eigenvalue weighted by Gasteiger charge is -2.19. The predicted octanol–water partition coefficient (Wildman–Crippen LogP) is 7.99. The van der Waals surface area contributed by atoms with E-state index in [1.807, 2.05) is 67.5 Å². The van der Waals surface area contributed by atoms with Gasteiger partial charge in [-0.1, -0.05) is 38.1 Å². The molecule has 0 fully saturated rings. The van der Waals surface area contributed by atoms with E-state index in [1.165, 1.54) is 0 Å². The van der Waals surface area contributed by atoms with Crippen molar-refractivity contribution in [1.82, 2.24) is 9.80 Å². The number of hydrogen-bond donors (Lipinski definition) is 2. The summed E-state index contributed by atoms with van der Waals surface area (Å²) < 4.78 is 3.69. The molecule has 4 aromatic carbocycles. The molecule has 44 heavy (non-hydrogen) atoms. The molecule has 2 aromatic heterocycles. The van der Waals surface area contributed by atoms with Crippen LogP contribution in [0.5, 0.6) is 11.5 Å². The smallest absolute Gasteiger partial charge is 0.195 e. The molecule has 0 aliphatic carbocycles. The Kier molecular flexibility index (Phi) is 12.1. The summed E-state index contributed by atoms with van der Waals surface area (Å²) in [6.07, 6.45) is 0. The van der Waals surface area contributed by atoms with Gasteiger partial charge in [0.05, 0.1) is 0 Å². The zero-order chi connectivity index (χ0) is 30.0. The number of benzene rings is 4. The molecule has 0 aliphatic heterocycles. The van der Waals surface area contributed by atoms with Crippen molar-refractivity contribution in [2.24, 2.45) is 0 Å². The number of phenols is 2. The second-order valence-electron chi connectivity index (χ2n) is 10.4. The maximum Gasteiger partial charge on any atom is 0.195 e. The van der Waals surface area contributed by atoms with Gasteiger partial charge in [0.2, 0.25) is 0 Å². The summed E-state index contributed by atoms with van der Waals surface area (Å²) in [6.45, 7) is 7.29. The minimum absolute atomic E-state index is 0. The highest BCUT2D eigenvalue weighted by atomic mass is 35.5. The molecule has 0 saturated carbocycles. The summed E-state index contributed by atoms with van der Waals surface area (Å²) >= 11 is 3.14. The largest absolute Gasteiger partial charge is 0.508 e. The zero-order valence-corrected chi connectivity index (χ0v) is 28.3. The minimum Gasteiger partial charge on any atom is -0.508 e. The quantitative estimate of drug-likeness (QED) is 0.175. The molecule has 0 saturated heterocycles. The van der Waals surface area contributed by atoms with Crippen molar-refractivity contribution < 1.29 is 10.2 Å². The van der Waals surface area contributed by atoms with Crippen LogP contribution in [0.25, 0.3) is 40.3 Å². The Morgan fingerprint density at radius 2 is 1.00 bits per heavy atom.